The summed E-state index contributed by atoms with van der Waals surface area (Å²) in [5, 5.41) is 2.04. The largest absolute Gasteiger partial charge is 0.453 e. The minimum absolute atomic E-state index is 0.284. The number of benzene rings is 2. The van der Waals surface area contributed by atoms with E-state index in [1.807, 2.05) is 30.3 Å². The van der Waals surface area contributed by atoms with E-state index in [1.54, 1.807) is 6.07 Å². The van der Waals surface area contributed by atoms with Crippen molar-refractivity contribution in [3.63, 3.8) is 0 Å². The lowest BCUT2D eigenvalue weighted by Crippen LogP contribution is -2.30. The minimum Gasteiger partial charge on any atom is -0.453 e. The zero-order chi connectivity index (χ0) is 13.2. The fourth-order valence-corrected chi connectivity index (χ4v) is 2.36. The lowest BCUT2D eigenvalue weighted by molar-refractivity contribution is -0.0636. The number of fused-ring (bicyclic) bond motifs is 3. The zero-order valence-corrected chi connectivity index (χ0v) is 10.9. The summed E-state index contributed by atoms with van der Waals surface area (Å²) in [6, 6.07) is 11.6. The molecular formula is C16H16O3. The van der Waals surface area contributed by atoms with Crippen molar-refractivity contribution in [3.05, 3.63) is 42.0 Å². The molecule has 3 rings (SSSR count). The van der Waals surface area contributed by atoms with E-state index in [9.17, 15) is 4.79 Å². The number of hydrogen-bond acceptors (Lipinski definition) is 3. The Morgan fingerprint density at radius 2 is 1.95 bits per heavy atom. The molecule has 3 heteroatoms. The van der Waals surface area contributed by atoms with Crippen LogP contribution in [0.15, 0.2) is 36.4 Å². The Hall–Kier alpha value is -2.03. The van der Waals surface area contributed by atoms with Gasteiger partial charge < -0.3 is 9.47 Å². The smallest absolute Gasteiger partial charge is 0.345 e. The number of rotatable bonds is 3. The van der Waals surface area contributed by atoms with Gasteiger partial charge >= 0.3 is 5.97 Å². The molecule has 0 saturated heterocycles. The molecule has 0 aromatic heterocycles. The van der Waals surface area contributed by atoms with Crippen molar-refractivity contribution in [2.45, 2.75) is 32.5 Å². The summed E-state index contributed by atoms with van der Waals surface area (Å²) in [6.45, 7) is 2.11. The molecule has 0 radical (unpaired) electrons. The minimum atomic E-state index is -0.453. The van der Waals surface area contributed by atoms with Gasteiger partial charge in [0, 0.05) is 11.8 Å². The SMILES string of the molecule is CCCC[C@H]1OC(=O)c2ccc3ccccc3c2O1. The summed E-state index contributed by atoms with van der Waals surface area (Å²) in [5.74, 6) is 0.378. The predicted molar refractivity (Wildman–Crippen MR) is 73.3 cm³/mol. The number of carbonyl (C=O) groups excluding carboxylic acids is 1. The average Bonchev–Trinajstić information content (AvgIpc) is 2.45. The molecule has 2 aromatic rings. The Morgan fingerprint density at radius 3 is 2.79 bits per heavy atom. The van der Waals surface area contributed by atoms with Gasteiger partial charge in [-0.2, -0.15) is 0 Å². The summed E-state index contributed by atoms with van der Waals surface area (Å²) in [6.07, 6.45) is 2.33. The summed E-state index contributed by atoms with van der Waals surface area (Å²) in [5.41, 5.74) is 0.520. The molecule has 1 atom stereocenters. The first-order chi connectivity index (χ1) is 9.29. The molecule has 19 heavy (non-hydrogen) atoms. The molecule has 0 unspecified atom stereocenters. The molecule has 1 aliphatic rings. The van der Waals surface area contributed by atoms with E-state index in [4.69, 9.17) is 9.47 Å². The van der Waals surface area contributed by atoms with Crippen LogP contribution in [0.4, 0.5) is 0 Å². The molecule has 0 spiro atoms. The Bertz CT molecular complexity index is 618. The van der Waals surface area contributed by atoms with Crippen molar-refractivity contribution in [3.8, 4) is 5.75 Å². The van der Waals surface area contributed by atoms with Crippen molar-refractivity contribution < 1.29 is 14.3 Å². The van der Waals surface area contributed by atoms with Gasteiger partial charge in [0.05, 0.1) is 0 Å². The second-order valence-corrected chi connectivity index (χ2v) is 4.76. The first-order valence-corrected chi connectivity index (χ1v) is 6.69. The highest BCUT2D eigenvalue weighted by Crippen LogP contribution is 2.35. The molecule has 0 N–H and O–H groups in total. The third-order valence-electron chi connectivity index (χ3n) is 3.38. The van der Waals surface area contributed by atoms with Gasteiger partial charge in [-0.1, -0.05) is 43.7 Å². The van der Waals surface area contributed by atoms with Crippen molar-refractivity contribution in [1.29, 1.82) is 0 Å². The van der Waals surface area contributed by atoms with Gasteiger partial charge in [0.1, 0.15) is 11.3 Å². The first kappa shape index (κ1) is 12.0. The highest BCUT2D eigenvalue weighted by Gasteiger charge is 2.28. The summed E-state index contributed by atoms with van der Waals surface area (Å²) >= 11 is 0. The van der Waals surface area contributed by atoms with Crippen LogP contribution in [-0.2, 0) is 4.74 Å². The van der Waals surface area contributed by atoms with E-state index in [2.05, 4.69) is 6.92 Å². The fourth-order valence-electron chi connectivity index (χ4n) is 2.36. The van der Waals surface area contributed by atoms with Gasteiger partial charge in [0.2, 0.25) is 6.29 Å². The standard InChI is InChI=1S/C16H16O3/c1-2-3-8-14-18-15-12-7-5-4-6-11(12)9-10-13(15)16(17)19-14/h4-7,9-10,14H,2-3,8H2,1H3/t14-/m1/s1. The molecule has 2 aromatic carbocycles. The van der Waals surface area contributed by atoms with Crippen molar-refractivity contribution in [1.82, 2.24) is 0 Å². The van der Waals surface area contributed by atoms with Crippen LogP contribution in [0.25, 0.3) is 10.8 Å². The van der Waals surface area contributed by atoms with Crippen LogP contribution in [-0.4, -0.2) is 12.3 Å². The number of esters is 1. The average molecular weight is 256 g/mol. The lowest BCUT2D eigenvalue weighted by Gasteiger charge is -2.26. The first-order valence-electron chi connectivity index (χ1n) is 6.69. The predicted octanol–water partition coefficient (Wildman–Crippen LogP) is 3.91. The zero-order valence-electron chi connectivity index (χ0n) is 10.9. The quantitative estimate of drug-likeness (QED) is 0.781. The van der Waals surface area contributed by atoms with E-state index in [0.29, 0.717) is 11.3 Å². The van der Waals surface area contributed by atoms with Crippen molar-refractivity contribution >= 4 is 16.7 Å². The maximum atomic E-state index is 12.0. The number of ether oxygens (including phenoxy) is 2. The van der Waals surface area contributed by atoms with Gasteiger partial charge in [0.15, 0.2) is 0 Å². The van der Waals surface area contributed by atoms with Crippen LogP contribution < -0.4 is 4.74 Å². The fraction of sp³-hybridized carbons (Fsp3) is 0.312. The second-order valence-electron chi connectivity index (χ2n) is 4.76. The van der Waals surface area contributed by atoms with Crippen LogP contribution in [0.5, 0.6) is 5.75 Å². The van der Waals surface area contributed by atoms with Gasteiger partial charge in [-0.15, -0.1) is 0 Å². The van der Waals surface area contributed by atoms with E-state index in [-0.39, 0.29) is 5.97 Å². The summed E-state index contributed by atoms with van der Waals surface area (Å²) in [4.78, 5) is 12.0. The maximum absolute atomic E-state index is 12.0. The Morgan fingerprint density at radius 1 is 1.11 bits per heavy atom. The van der Waals surface area contributed by atoms with E-state index >= 15 is 0 Å². The number of carbonyl (C=O) groups is 1. The van der Waals surface area contributed by atoms with Gasteiger partial charge in [-0.05, 0) is 17.9 Å². The molecule has 0 amide bonds. The van der Waals surface area contributed by atoms with Crippen molar-refractivity contribution in [2.24, 2.45) is 0 Å². The third kappa shape index (κ3) is 2.16. The van der Waals surface area contributed by atoms with Crippen LogP contribution in [0.1, 0.15) is 36.5 Å². The van der Waals surface area contributed by atoms with E-state index in [0.717, 1.165) is 30.0 Å². The lowest BCUT2D eigenvalue weighted by atomic mass is 10.0. The normalized spacial score (nSPS) is 17.7. The van der Waals surface area contributed by atoms with E-state index in [1.165, 1.54) is 0 Å². The Kier molecular flexibility index (Phi) is 3.11. The molecular weight excluding hydrogens is 240 g/mol. The van der Waals surface area contributed by atoms with Gasteiger partial charge in [0.25, 0.3) is 0 Å². The molecule has 98 valence electrons. The maximum Gasteiger partial charge on any atom is 0.345 e. The number of hydrogen-bond donors (Lipinski definition) is 0. The van der Waals surface area contributed by atoms with Gasteiger partial charge in [-0.3, -0.25) is 0 Å². The molecule has 0 aliphatic carbocycles. The highest BCUT2D eigenvalue weighted by molar-refractivity contribution is 6.02. The topological polar surface area (TPSA) is 35.5 Å². The highest BCUT2D eigenvalue weighted by atomic mass is 16.7. The Balaban J connectivity index is 2.03. The van der Waals surface area contributed by atoms with Crippen LogP contribution in [0.3, 0.4) is 0 Å². The van der Waals surface area contributed by atoms with Crippen LogP contribution in [0.2, 0.25) is 0 Å². The third-order valence-corrected chi connectivity index (χ3v) is 3.38. The van der Waals surface area contributed by atoms with Crippen LogP contribution >= 0.6 is 0 Å². The second kappa shape index (κ2) is 4.92. The van der Waals surface area contributed by atoms with Gasteiger partial charge in [-0.25, -0.2) is 4.79 Å². The molecule has 3 nitrogen and oxygen atoms in total. The molecule has 0 fully saturated rings. The van der Waals surface area contributed by atoms with Crippen molar-refractivity contribution in [2.75, 3.05) is 0 Å². The molecule has 0 saturated carbocycles. The van der Waals surface area contributed by atoms with Crippen LogP contribution in [0, 0.1) is 0 Å². The molecule has 0 bridgehead atoms. The van der Waals surface area contributed by atoms with E-state index < -0.39 is 6.29 Å². The Labute approximate surface area is 112 Å². The molecule has 1 aliphatic heterocycles. The summed E-state index contributed by atoms with van der Waals surface area (Å²) in [7, 11) is 0. The molecule has 1 heterocycles. The number of unbranched alkanes of at least 4 members (excludes halogenated alkanes) is 1. The number of cyclic esters (lactones) is 1. The summed E-state index contributed by atoms with van der Waals surface area (Å²) < 4.78 is 11.2. The monoisotopic (exact) mass is 256 g/mol.